The maximum absolute atomic E-state index is 13.6. The number of carbonyl (C=O) groups excluding carboxylic acids is 1. The van der Waals surface area contributed by atoms with Gasteiger partial charge in [-0.1, -0.05) is 61.3 Å². The van der Waals surface area contributed by atoms with E-state index in [9.17, 15) is 13.2 Å². The normalized spacial score (nSPS) is 15.3. The highest BCUT2D eigenvalue weighted by atomic mass is 35.5. The van der Waals surface area contributed by atoms with Crippen LogP contribution in [0.25, 0.3) is 0 Å². The lowest BCUT2D eigenvalue weighted by molar-refractivity contribution is -0.127. The minimum Gasteiger partial charge on any atom is -0.476 e. The Morgan fingerprint density at radius 1 is 1.03 bits per heavy atom. The molecule has 0 radical (unpaired) electrons. The van der Waals surface area contributed by atoms with E-state index in [-0.39, 0.29) is 17.3 Å². The molecule has 0 bridgehead atoms. The largest absolute Gasteiger partial charge is 0.476 e. The van der Waals surface area contributed by atoms with Crippen molar-refractivity contribution in [3.63, 3.8) is 0 Å². The van der Waals surface area contributed by atoms with Crippen LogP contribution in [-0.2, 0) is 34.2 Å². The summed E-state index contributed by atoms with van der Waals surface area (Å²) in [6, 6.07) is 17.7. The molecular weight excluding hydrogens is 484 g/mol. The third-order valence-electron chi connectivity index (χ3n) is 6.20. The molecule has 0 saturated carbocycles. The summed E-state index contributed by atoms with van der Waals surface area (Å²) in [5, 5.41) is 3.32. The molecule has 8 heteroatoms. The number of rotatable bonds is 7. The number of anilines is 1. The fourth-order valence-electron chi connectivity index (χ4n) is 4.13. The number of sulfonamides is 1. The van der Waals surface area contributed by atoms with E-state index in [1.165, 1.54) is 9.87 Å². The number of ether oxygens (including phenoxy) is 1. The van der Waals surface area contributed by atoms with Crippen molar-refractivity contribution in [2.45, 2.75) is 51.2 Å². The first kappa shape index (κ1) is 25.1. The lowest BCUT2D eigenvalue weighted by Crippen LogP contribution is -2.50. The zero-order valence-corrected chi connectivity index (χ0v) is 21.6. The minimum absolute atomic E-state index is 0.138. The van der Waals surface area contributed by atoms with Crippen LogP contribution < -0.4 is 14.4 Å². The molecule has 1 unspecified atom stereocenters. The van der Waals surface area contributed by atoms with Crippen molar-refractivity contribution in [1.29, 1.82) is 0 Å². The van der Waals surface area contributed by atoms with Gasteiger partial charge in [0.25, 0.3) is 15.9 Å². The zero-order valence-electron chi connectivity index (χ0n) is 20.0. The molecule has 0 aromatic heterocycles. The summed E-state index contributed by atoms with van der Waals surface area (Å²) in [4.78, 5) is 13.3. The van der Waals surface area contributed by atoms with E-state index < -0.39 is 16.1 Å². The van der Waals surface area contributed by atoms with Gasteiger partial charge in [-0.15, -0.1) is 0 Å². The Hall–Kier alpha value is -3.03. The Morgan fingerprint density at radius 3 is 2.46 bits per heavy atom. The molecule has 184 valence electrons. The van der Waals surface area contributed by atoms with E-state index in [0.29, 0.717) is 23.0 Å². The minimum atomic E-state index is -3.95. The van der Waals surface area contributed by atoms with Gasteiger partial charge in [0.1, 0.15) is 5.75 Å². The van der Waals surface area contributed by atoms with Crippen LogP contribution >= 0.6 is 11.6 Å². The first-order valence-electron chi connectivity index (χ1n) is 11.7. The maximum Gasteiger partial charge on any atom is 0.264 e. The Balaban J connectivity index is 1.61. The summed E-state index contributed by atoms with van der Waals surface area (Å²) in [5.74, 6) is -0.0858. The fraction of sp³-hybridized carbons (Fsp3) is 0.296. The van der Waals surface area contributed by atoms with E-state index in [2.05, 4.69) is 37.4 Å². The number of aryl methyl sites for hydroxylation is 3. The molecule has 3 aromatic rings. The quantitative estimate of drug-likeness (QED) is 0.481. The zero-order chi connectivity index (χ0) is 25.2. The van der Waals surface area contributed by atoms with E-state index >= 15 is 0 Å². The van der Waals surface area contributed by atoms with Crippen LogP contribution in [-0.4, -0.2) is 27.0 Å². The van der Waals surface area contributed by atoms with Crippen molar-refractivity contribution in [3.8, 4) is 5.75 Å². The highest BCUT2D eigenvalue weighted by Crippen LogP contribution is 2.39. The molecule has 35 heavy (non-hydrogen) atoms. The Bertz CT molecular complexity index is 1340. The second kappa shape index (κ2) is 10.3. The first-order chi connectivity index (χ1) is 16.7. The number of hydrogen-bond donors (Lipinski definition) is 1. The summed E-state index contributed by atoms with van der Waals surface area (Å²) >= 11 is 6.17. The molecule has 3 aromatic carbocycles. The monoisotopic (exact) mass is 512 g/mol. The van der Waals surface area contributed by atoms with Gasteiger partial charge in [0.2, 0.25) is 0 Å². The van der Waals surface area contributed by atoms with Gasteiger partial charge < -0.3 is 10.1 Å². The molecule has 1 N–H and O–H groups in total. The smallest absolute Gasteiger partial charge is 0.264 e. The van der Waals surface area contributed by atoms with Crippen molar-refractivity contribution < 1.29 is 17.9 Å². The van der Waals surface area contributed by atoms with Gasteiger partial charge >= 0.3 is 0 Å². The van der Waals surface area contributed by atoms with E-state index in [1.807, 2.05) is 6.92 Å². The number of nitrogens with zero attached hydrogens (tertiary/aromatic N) is 1. The van der Waals surface area contributed by atoms with Gasteiger partial charge in [-0.2, -0.15) is 0 Å². The van der Waals surface area contributed by atoms with E-state index in [1.54, 1.807) is 42.5 Å². The SMILES string of the molecule is CCc1ccc(CC)c(CNC(=O)C2CN(S(=O)(=O)c3ccc(C)cc3)c3cc(Cl)ccc3O2)c1. The molecular formula is C27H29ClN2O4S. The number of carbonyl (C=O) groups is 1. The summed E-state index contributed by atoms with van der Waals surface area (Å²) in [6.45, 7) is 6.23. The molecule has 0 aliphatic carbocycles. The van der Waals surface area contributed by atoms with Crippen LogP contribution in [0.2, 0.25) is 5.02 Å². The lowest BCUT2D eigenvalue weighted by atomic mass is 10.0. The molecule has 0 fully saturated rings. The molecule has 0 spiro atoms. The Morgan fingerprint density at radius 2 is 1.77 bits per heavy atom. The second-order valence-corrected chi connectivity index (χ2v) is 10.9. The average Bonchev–Trinajstić information content (AvgIpc) is 2.86. The average molecular weight is 513 g/mol. The van der Waals surface area contributed by atoms with Crippen LogP contribution in [0.5, 0.6) is 5.75 Å². The number of hydrogen-bond acceptors (Lipinski definition) is 4. The Labute approximate surface area is 211 Å². The summed E-state index contributed by atoms with van der Waals surface area (Å²) < 4.78 is 34.3. The topological polar surface area (TPSA) is 75.7 Å². The van der Waals surface area contributed by atoms with Crippen LogP contribution in [0.15, 0.2) is 65.6 Å². The third kappa shape index (κ3) is 5.31. The molecule has 6 nitrogen and oxygen atoms in total. The molecule has 1 atom stereocenters. The highest BCUT2D eigenvalue weighted by molar-refractivity contribution is 7.92. The van der Waals surface area contributed by atoms with Crippen LogP contribution in [0.4, 0.5) is 5.69 Å². The highest BCUT2D eigenvalue weighted by Gasteiger charge is 2.37. The van der Waals surface area contributed by atoms with Crippen LogP contribution in [0.1, 0.15) is 36.1 Å². The number of nitrogens with one attached hydrogen (secondary N) is 1. The van der Waals surface area contributed by atoms with Gasteiger partial charge in [0.05, 0.1) is 17.1 Å². The van der Waals surface area contributed by atoms with Crippen molar-refractivity contribution in [3.05, 3.63) is 87.9 Å². The number of amides is 1. The van der Waals surface area contributed by atoms with Crippen LogP contribution in [0.3, 0.4) is 0 Å². The third-order valence-corrected chi connectivity index (χ3v) is 8.23. The molecule has 1 amide bonds. The predicted molar refractivity (Wildman–Crippen MR) is 139 cm³/mol. The van der Waals surface area contributed by atoms with Gasteiger partial charge in [-0.25, -0.2) is 8.42 Å². The second-order valence-electron chi connectivity index (χ2n) is 8.60. The molecule has 1 aliphatic rings. The van der Waals surface area contributed by atoms with Gasteiger partial charge in [-0.05, 0) is 66.8 Å². The van der Waals surface area contributed by atoms with Crippen molar-refractivity contribution in [2.75, 3.05) is 10.8 Å². The number of fused-ring (bicyclic) bond motifs is 1. The number of benzene rings is 3. The fourth-order valence-corrected chi connectivity index (χ4v) is 5.77. The molecule has 1 heterocycles. The summed E-state index contributed by atoms with van der Waals surface area (Å²) in [7, 11) is -3.95. The molecule has 0 saturated heterocycles. The van der Waals surface area contributed by atoms with Crippen molar-refractivity contribution in [1.82, 2.24) is 5.32 Å². The van der Waals surface area contributed by atoms with Gasteiger partial charge in [0.15, 0.2) is 6.10 Å². The van der Waals surface area contributed by atoms with E-state index in [4.69, 9.17) is 16.3 Å². The molecule has 4 rings (SSSR count). The Kier molecular flexibility index (Phi) is 7.38. The van der Waals surface area contributed by atoms with E-state index in [0.717, 1.165) is 29.5 Å². The molecule has 1 aliphatic heterocycles. The maximum atomic E-state index is 13.6. The predicted octanol–water partition coefficient (Wildman–Crippen LogP) is 5.05. The van der Waals surface area contributed by atoms with Crippen LogP contribution in [0, 0.1) is 6.92 Å². The lowest BCUT2D eigenvalue weighted by Gasteiger charge is -2.35. The van der Waals surface area contributed by atoms with Crippen molar-refractivity contribution >= 4 is 33.2 Å². The first-order valence-corrected chi connectivity index (χ1v) is 13.5. The van der Waals surface area contributed by atoms with Crippen molar-refractivity contribution in [2.24, 2.45) is 0 Å². The summed E-state index contributed by atoms with van der Waals surface area (Å²) in [5.41, 5.74) is 4.67. The van der Waals surface area contributed by atoms with Gasteiger partial charge in [-0.3, -0.25) is 9.10 Å². The standard InChI is InChI=1S/C27H29ClN2O4S/c1-4-19-8-9-20(5-2)21(14-19)16-29-27(31)26-17-30(24-15-22(28)10-13-25(24)34-26)35(32,33)23-11-6-18(3)7-12-23/h6-15,26H,4-5,16-17H2,1-3H3,(H,29,31). The van der Waals surface area contributed by atoms with Gasteiger partial charge in [0, 0.05) is 11.6 Å². The number of halogens is 1. The summed E-state index contributed by atoms with van der Waals surface area (Å²) in [6.07, 6.45) is 0.747.